The fraction of sp³-hybridized carbons (Fsp3) is 0.367. The normalized spacial score (nSPS) is 12.1. The summed E-state index contributed by atoms with van der Waals surface area (Å²) in [6.45, 7) is 1.63. The lowest BCUT2D eigenvalue weighted by atomic mass is 9.94. The van der Waals surface area contributed by atoms with E-state index in [1.165, 1.54) is 30.2 Å². The largest absolute Gasteiger partial charge is 0.497 e. The molecule has 0 spiro atoms. The van der Waals surface area contributed by atoms with E-state index in [0.29, 0.717) is 16.8 Å². The summed E-state index contributed by atoms with van der Waals surface area (Å²) in [7, 11) is 7.21. The van der Waals surface area contributed by atoms with Gasteiger partial charge in [0, 0.05) is 12.0 Å². The Morgan fingerprint density at radius 1 is 0.973 bits per heavy atom. The summed E-state index contributed by atoms with van der Waals surface area (Å²) in [5, 5.41) is 10.5. The first-order valence-corrected chi connectivity index (χ1v) is 12.3. The number of likely N-dealkylation sites (N-methyl/N-ethyl adjacent to an activating group) is 1. The molecule has 2 aliphatic rings. The van der Waals surface area contributed by atoms with Crippen LogP contribution in [-0.4, -0.2) is 69.7 Å². The number of para-hydroxylation sites is 1. The molecule has 37 heavy (non-hydrogen) atoms. The number of halogens is 1. The number of quaternary nitrogens is 1. The first-order chi connectivity index (χ1) is 17.3. The van der Waals surface area contributed by atoms with E-state index in [4.69, 9.17) is 14.2 Å². The number of hydrogen-bond donors (Lipinski definition) is 1. The van der Waals surface area contributed by atoms with Gasteiger partial charge in [0.25, 0.3) is 0 Å². The summed E-state index contributed by atoms with van der Waals surface area (Å²) in [5.74, 6) is 1.13. The average molecular weight is 529 g/mol. The Hall–Kier alpha value is -3.06. The smallest absolute Gasteiger partial charge is 0.310 e. The van der Waals surface area contributed by atoms with Crippen molar-refractivity contribution in [2.45, 2.75) is 25.4 Å². The Morgan fingerprint density at radius 3 is 2.16 bits per heavy atom. The third-order valence-corrected chi connectivity index (χ3v) is 6.24. The van der Waals surface area contributed by atoms with Crippen molar-refractivity contribution in [3.8, 4) is 11.5 Å². The Bertz CT molecular complexity index is 1090. The molecule has 3 aromatic rings. The van der Waals surface area contributed by atoms with Crippen molar-refractivity contribution in [1.29, 1.82) is 0 Å². The molecule has 2 aliphatic carbocycles. The lowest BCUT2D eigenvalue weighted by Crippen LogP contribution is -2.48. The molecule has 0 radical (unpaired) electrons. The third-order valence-electron chi connectivity index (χ3n) is 6.24. The fourth-order valence-electron chi connectivity index (χ4n) is 4.10. The molecule has 3 aromatic carbocycles. The lowest BCUT2D eigenvalue weighted by molar-refractivity contribution is -0.893. The number of rotatable bonds is 11. The van der Waals surface area contributed by atoms with Crippen LogP contribution in [0, 0.1) is 0 Å². The molecule has 1 unspecified atom stereocenters. The number of fused-ring (bicyclic) bond motifs is 2. The molecule has 1 N–H and O–H groups in total. The molecule has 2 bridgehead atoms. The van der Waals surface area contributed by atoms with Crippen molar-refractivity contribution in [3.63, 3.8) is 0 Å². The second kappa shape index (κ2) is 14.6. The van der Waals surface area contributed by atoms with Gasteiger partial charge in [-0.05, 0) is 41.3 Å². The van der Waals surface area contributed by atoms with Crippen LogP contribution in [0.5, 0.6) is 11.5 Å². The van der Waals surface area contributed by atoms with Crippen molar-refractivity contribution in [3.05, 3.63) is 95.1 Å². The standard InChI is InChI=1S/C23H32NO5.C7H6.ClH/c1-24(2,14-13-18-9-11-21(27-3)12-10-18)16-20(25)17-29-22-8-6-5-7-19(22)15-23(26)28-4;1-2-6-4-7(3-1)5-6;/h5-12,20,25H,13-17H2,1-4H3;1-4H,5H2;1H/q+1;;. The predicted molar refractivity (Wildman–Crippen MR) is 149 cm³/mol. The summed E-state index contributed by atoms with van der Waals surface area (Å²) in [6, 6.07) is 24.0. The van der Waals surface area contributed by atoms with Crippen LogP contribution >= 0.6 is 12.4 Å². The van der Waals surface area contributed by atoms with Crippen LogP contribution in [0.15, 0.2) is 72.8 Å². The van der Waals surface area contributed by atoms with Gasteiger partial charge in [-0.25, -0.2) is 0 Å². The molecular formula is C30H39ClNO5+. The topological polar surface area (TPSA) is 65.0 Å². The predicted octanol–water partition coefficient (Wildman–Crippen LogP) is 4.48. The number of aliphatic hydroxyl groups is 1. The SMILES string of the molecule is COC(=O)Cc1ccccc1OCC(O)C[N+](C)(C)CCc1ccc(OC)cc1.Cl.c1cc2cc(c1)C2. The van der Waals surface area contributed by atoms with Crippen molar-refractivity contribution in [2.24, 2.45) is 0 Å². The van der Waals surface area contributed by atoms with Gasteiger partial charge in [0.05, 0.1) is 41.3 Å². The molecule has 5 rings (SSSR count). The van der Waals surface area contributed by atoms with E-state index in [0.717, 1.165) is 24.3 Å². The summed E-state index contributed by atoms with van der Waals surface area (Å²) in [6.07, 6.45) is 1.65. The molecule has 0 heterocycles. The highest BCUT2D eigenvalue weighted by atomic mass is 35.5. The van der Waals surface area contributed by atoms with Gasteiger partial charge < -0.3 is 23.8 Å². The maximum Gasteiger partial charge on any atom is 0.310 e. The van der Waals surface area contributed by atoms with E-state index < -0.39 is 6.10 Å². The fourth-order valence-corrected chi connectivity index (χ4v) is 4.10. The van der Waals surface area contributed by atoms with Gasteiger partial charge in [-0.1, -0.05) is 54.6 Å². The Balaban J connectivity index is 0.000000509. The molecule has 0 aliphatic heterocycles. The summed E-state index contributed by atoms with van der Waals surface area (Å²) in [5.41, 5.74) is 4.95. The first kappa shape index (κ1) is 30.2. The van der Waals surface area contributed by atoms with Crippen LogP contribution in [0.25, 0.3) is 0 Å². The van der Waals surface area contributed by atoms with Crippen LogP contribution in [0.3, 0.4) is 0 Å². The highest BCUT2D eigenvalue weighted by molar-refractivity contribution is 5.85. The number of ether oxygens (including phenoxy) is 3. The minimum Gasteiger partial charge on any atom is -0.497 e. The number of methoxy groups -OCH3 is 2. The molecule has 0 saturated carbocycles. The zero-order valence-electron chi connectivity index (χ0n) is 22.2. The van der Waals surface area contributed by atoms with E-state index in [1.54, 1.807) is 13.2 Å². The first-order valence-electron chi connectivity index (χ1n) is 12.3. The zero-order valence-corrected chi connectivity index (χ0v) is 23.0. The van der Waals surface area contributed by atoms with E-state index >= 15 is 0 Å². The number of hydrogen-bond acceptors (Lipinski definition) is 5. The second-order valence-corrected chi connectivity index (χ2v) is 9.76. The molecule has 0 aromatic heterocycles. The minimum absolute atomic E-state index is 0. The van der Waals surface area contributed by atoms with Crippen LogP contribution in [0.1, 0.15) is 22.3 Å². The molecular weight excluding hydrogens is 490 g/mol. The lowest BCUT2D eigenvalue weighted by Gasteiger charge is -2.32. The molecule has 0 fully saturated rings. The van der Waals surface area contributed by atoms with Crippen molar-refractivity contribution in [1.82, 2.24) is 0 Å². The second-order valence-electron chi connectivity index (χ2n) is 9.76. The molecule has 1 atom stereocenters. The van der Waals surface area contributed by atoms with Crippen LogP contribution in [0.4, 0.5) is 0 Å². The molecule has 7 heteroatoms. The number of carbonyl (C=O) groups is 1. The number of carbonyl (C=O) groups excluding carboxylic acids is 1. The molecule has 6 nitrogen and oxygen atoms in total. The minimum atomic E-state index is -0.618. The number of benzene rings is 3. The van der Waals surface area contributed by atoms with Gasteiger partial charge in [-0.3, -0.25) is 4.79 Å². The maximum atomic E-state index is 11.5. The van der Waals surface area contributed by atoms with E-state index in [1.807, 2.05) is 30.3 Å². The van der Waals surface area contributed by atoms with Crippen molar-refractivity contribution in [2.75, 3.05) is 48.0 Å². The van der Waals surface area contributed by atoms with Crippen molar-refractivity contribution >= 4 is 18.4 Å². The van der Waals surface area contributed by atoms with Gasteiger partial charge in [-0.2, -0.15) is 0 Å². The third kappa shape index (κ3) is 10.1. The van der Waals surface area contributed by atoms with E-state index in [2.05, 4.69) is 50.5 Å². The summed E-state index contributed by atoms with van der Waals surface area (Å²) in [4.78, 5) is 11.5. The zero-order chi connectivity index (χ0) is 26.0. The van der Waals surface area contributed by atoms with Crippen LogP contribution in [0.2, 0.25) is 0 Å². The van der Waals surface area contributed by atoms with Crippen molar-refractivity contribution < 1.29 is 28.6 Å². The van der Waals surface area contributed by atoms with E-state index in [9.17, 15) is 9.90 Å². The number of esters is 1. The summed E-state index contributed by atoms with van der Waals surface area (Å²) < 4.78 is 16.4. The van der Waals surface area contributed by atoms with Gasteiger partial charge >= 0.3 is 5.97 Å². The highest BCUT2D eigenvalue weighted by Crippen LogP contribution is 2.20. The highest BCUT2D eigenvalue weighted by Gasteiger charge is 2.21. The average Bonchev–Trinajstić information content (AvgIpc) is 2.87. The molecule has 200 valence electrons. The van der Waals surface area contributed by atoms with Gasteiger partial charge in [0.2, 0.25) is 0 Å². The van der Waals surface area contributed by atoms with E-state index in [-0.39, 0.29) is 31.4 Å². The quantitative estimate of drug-likeness (QED) is 0.230. The van der Waals surface area contributed by atoms with Gasteiger partial charge in [0.15, 0.2) is 0 Å². The van der Waals surface area contributed by atoms with Gasteiger partial charge in [-0.15, -0.1) is 12.4 Å². The van der Waals surface area contributed by atoms with Gasteiger partial charge in [0.1, 0.15) is 30.8 Å². The summed E-state index contributed by atoms with van der Waals surface area (Å²) >= 11 is 0. The number of aliphatic hydroxyl groups excluding tert-OH is 1. The maximum absolute atomic E-state index is 11.5. The molecule has 0 saturated heterocycles. The van der Waals surface area contributed by atoms with Crippen LogP contribution in [-0.2, 0) is 28.8 Å². The van der Waals surface area contributed by atoms with Crippen LogP contribution < -0.4 is 9.47 Å². The Kier molecular flexibility index (Phi) is 11.9. The molecule has 0 amide bonds. The Labute approximate surface area is 226 Å². The monoisotopic (exact) mass is 528 g/mol. The Morgan fingerprint density at radius 2 is 1.62 bits per heavy atom. The number of nitrogens with zero attached hydrogens (tertiary/aromatic N) is 1.